The van der Waals surface area contributed by atoms with Gasteiger partial charge in [-0.25, -0.2) is 0 Å². The van der Waals surface area contributed by atoms with E-state index in [1.165, 1.54) is 4.90 Å². The Kier molecular flexibility index (Phi) is 6.31. The fourth-order valence-corrected chi connectivity index (χ4v) is 2.34. The van der Waals surface area contributed by atoms with Crippen LogP contribution >= 0.6 is 0 Å². The third-order valence-electron chi connectivity index (χ3n) is 3.12. The molecule has 1 unspecified atom stereocenters. The first-order chi connectivity index (χ1) is 9.59. The fraction of sp³-hybridized carbons (Fsp3) is 0.929. The van der Waals surface area contributed by atoms with E-state index in [9.17, 15) is 13.2 Å². The van der Waals surface area contributed by atoms with E-state index < -0.39 is 12.7 Å². The smallest absolute Gasteiger partial charge is 0.357 e. The number of likely N-dealkylation sites (tertiary alicyclic amines) is 1. The minimum Gasteiger partial charge on any atom is -0.357 e. The van der Waals surface area contributed by atoms with Crippen molar-refractivity contribution in [3.63, 3.8) is 0 Å². The van der Waals surface area contributed by atoms with Gasteiger partial charge in [-0.3, -0.25) is 9.89 Å². The van der Waals surface area contributed by atoms with E-state index in [-0.39, 0.29) is 11.5 Å². The Morgan fingerprint density at radius 3 is 2.48 bits per heavy atom. The van der Waals surface area contributed by atoms with E-state index in [1.807, 2.05) is 27.7 Å². The lowest BCUT2D eigenvalue weighted by Crippen LogP contribution is -2.47. The van der Waals surface area contributed by atoms with Crippen molar-refractivity contribution in [1.82, 2.24) is 15.5 Å². The van der Waals surface area contributed by atoms with Crippen molar-refractivity contribution in [2.24, 2.45) is 10.9 Å². The number of aliphatic imine (C=N–C) groups is 1. The summed E-state index contributed by atoms with van der Waals surface area (Å²) in [7, 11) is 0. The molecule has 2 N–H and O–H groups in total. The molecule has 1 saturated heterocycles. The van der Waals surface area contributed by atoms with Gasteiger partial charge in [0, 0.05) is 25.2 Å². The zero-order valence-corrected chi connectivity index (χ0v) is 13.3. The summed E-state index contributed by atoms with van der Waals surface area (Å²) in [4.78, 5) is 5.96. The minimum atomic E-state index is -4.11. The van der Waals surface area contributed by atoms with Crippen LogP contribution in [0, 0.1) is 5.92 Å². The molecule has 21 heavy (non-hydrogen) atoms. The molecule has 7 heteroatoms. The summed E-state index contributed by atoms with van der Waals surface area (Å²) in [6.45, 7) is 9.59. The summed E-state index contributed by atoms with van der Waals surface area (Å²) in [6.07, 6.45) is -3.34. The molecule has 1 rings (SSSR count). The molecule has 0 spiro atoms. The van der Waals surface area contributed by atoms with Gasteiger partial charge in [-0.1, -0.05) is 0 Å². The molecule has 0 aliphatic carbocycles. The highest BCUT2D eigenvalue weighted by Gasteiger charge is 2.34. The second-order valence-electron chi connectivity index (χ2n) is 6.60. The average Bonchev–Trinajstić information content (AvgIpc) is 2.69. The molecule has 1 heterocycles. The molecule has 0 aromatic rings. The zero-order chi connectivity index (χ0) is 16.1. The van der Waals surface area contributed by atoms with Gasteiger partial charge in [-0.2, -0.15) is 13.2 Å². The van der Waals surface area contributed by atoms with Gasteiger partial charge in [0.2, 0.25) is 0 Å². The van der Waals surface area contributed by atoms with Gasteiger partial charge < -0.3 is 10.6 Å². The molecule has 4 nitrogen and oxygen atoms in total. The van der Waals surface area contributed by atoms with E-state index in [4.69, 9.17) is 0 Å². The fourth-order valence-electron chi connectivity index (χ4n) is 2.34. The van der Waals surface area contributed by atoms with Gasteiger partial charge in [0.25, 0.3) is 0 Å². The second kappa shape index (κ2) is 7.33. The maximum atomic E-state index is 12.3. The molecule has 0 bridgehead atoms. The van der Waals surface area contributed by atoms with Gasteiger partial charge in [-0.15, -0.1) is 0 Å². The largest absolute Gasteiger partial charge is 0.401 e. The Hall–Kier alpha value is -0.980. The number of guanidine groups is 1. The zero-order valence-electron chi connectivity index (χ0n) is 13.3. The molecule has 0 aromatic carbocycles. The van der Waals surface area contributed by atoms with E-state index in [1.54, 1.807) is 0 Å². The average molecular weight is 308 g/mol. The van der Waals surface area contributed by atoms with Gasteiger partial charge in [0.05, 0.1) is 6.54 Å². The van der Waals surface area contributed by atoms with Crippen molar-refractivity contribution in [2.45, 2.75) is 45.8 Å². The number of hydrogen-bond donors (Lipinski definition) is 2. The van der Waals surface area contributed by atoms with Crippen LogP contribution in [0.15, 0.2) is 4.99 Å². The van der Waals surface area contributed by atoms with E-state index in [0.717, 1.165) is 18.9 Å². The third-order valence-corrected chi connectivity index (χ3v) is 3.12. The monoisotopic (exact) mass is 308 g/mol. The summed E-state index contributed by atoms with van der Waals surface area (Å²) in [6, 6.07) is 0. The van der Waals surface area contributed by atoms with Crippen molar-refractivity contribution >= 4 is 5.96 Å². The lowest BCUT2D eigenvalue weighted by Gasteiger charge is -2.24. The highest BCUT2D eigenvalue weighted by atomic mass is 19.4. The van der Waals surface area contributed by atoms with E-state index >= 15 is 0 Å². The summed E-state index contributed by atoms with van der Waals surface area (Å²) >= 11 is 0. The first kappa shape index (κ1) is 18.1. The third kappa shape index (κ3) is 8.14. The first-order valence-corrected chi connectivity index (χ1v) is 7.44. The SMILES string of the molecule is CCNC(=NCC1CCN(CC(F)(F)F)C1)NC(C)(C)C. The molecular formula is C14H27F3N4. The Morgan fingerprint density at radius 2 is 1.95 bits per heavy atom. The second-order valence-corrected chi connectivity index (χ2v) is 6.60. The predicted molar refractivity (Wildman–Crippen MR) is 79.5 cm³/mol. The number of halogens is 3. The number of alkyl halides is 3. The van der Waals surface area contributed by atoms with Crippen LogP contribution in [0.4, 0.5) is 13.2 Å². The molecule has 0 aromatic heterocycles. The van der Waals surface area contributed by atoms with Gasteiger partial charge in [-0.05, 0) is 46.6 Å². The lowest BCUT2D eigenvalue weighted by atomic mass is 10.1. The van der Waals surface area contributed by atoms with Crippen molar-refractivity contribution in [3.05, 3.63) is 0 Å². The molecule has 1 fully saturated rings. The van der Waals surface area contributed by atoms with Gasteiger partial charge in [0.15, 0.2) is 5.96 Å². The Balaban J connectivity index is 2.47. The number of hydrogen-bond acceptors (Lipinski definition) is 2. The van der Waals surface area contributed by atoms with Crippen molar-refractivity contribution in [3.8, 4) is 0 Å². The summed E-state index contributed by atoms with van der Waals surface area (Å²) < 4.78 is 37.0. The molecule has 1 atom stereocenters. The van der Waals surface area contributed by atoms with E-state index in [0.29, 0.717) is 19.6 Å². The molecule has 1 aliphatic heterocycles. The van der Waals surface area contributed by atoms with Crippen LogP contribution in [0.25, 0.3) is 0 Å². The number of rotatable bonds is 4. The van der Waals surface area contributed by atoms with Crippen LogP contribution in [0.2, 0.25) is 0 Å². The molecule has 0 amide bonds. The minimum absolute atomic E-state index is 0.0982. The van der Waals surface area contributed by atoms with Crippen molar-refractivity contribution < 1.29 is 13.2 Å². The van der Waals surface area contributed by atoms with Crippen molar-refractivity contribution in [2.75, 3.05) is 32.7 Å². The van der Waals surface area contributed by atoms with Crippen molar-refractivity contribution in [1.29, 1.82) is 0 Å². The normalized spacial score (nSPS) is 21.7. The molecule has 0 radical (unpaired) electrons. The molecular weight excluding hydrogens is 281 g/mol. The Bertz CT molecular complexity index is 347. The maximum absolute atomic E-state index is 12.3. The Morgan fingerprint density at radius 1 is 1.29 bits per heavy atom. The van der Waals surface area contributed by atoms with E-state index in [2.05, 4.69) is 15.6 Å². The highest BCUT2D eigenvalue weighted by Crippen LogP contribution is 2.22. The quantitative estimate of drug-likeness (QED) is 0.618. The summed E-state index contributed by atoms with van der Waals surface area (Å²) in [5.74, 6) is 0.919. The van der Waals surface area contributed by atoms with Crippen LogP contribution in [-0.2, 0) is 0 Å². The topological polar surface area (TPSA) is 39.7 Å². The summed E-state index contributed by atoms with van der Waals surface area (Å²) in [5, 5.41) is 6.43. The molecule has 0 saturated carbocycles. The van der Waals surface area contributed by atoms with Crippen LogP contribution in [0.3, 0.4) is 0 Å². The van der Waals surface area contributed by atoms with Crippen LogP contribution in [0.1, 0.15) is 34.1 Å². The predicted octanol–water partition coefficient (Wildman–Crippen LogP) is 2.22. The number of nitrogens with zero attached hydrogens (tertiary/aromatic N) is 2. The molecule has 1 aliphatic rings. The van der Waals surface area contributed by atoms with Crippen LogP contribution < -0.4 is 10.6 Å². The van der Waals surface area contributed by atoms with Crippen LogP contribution in [-0.4, -0.2) is 55.3 Å². The Labute approximate surface area is 125 Å². The first-order valence-electron chi connectivity index (χ1n) is 7.44. The summed E-state index contributed by atoms with van der Waals surface area (Å²) in [5.41, 5.74) is -0.0982. The van der Waals surface area contributed by atoms with Gasteiger partial charge >= 0.3 is 6.18 Å². The number of nitrogens with one attached hydrogen (secondary N) is 2. The van der Waals surface area contributed by atoms with Crippen LogP contribution in [0.5, 0.6) is 0 Å². The molecule has 124 valence electrons. The highest BCUT2D eigenvalue weighted by molar-refractivity contribution is 5.80. The maximum Gasteiger partial charge on any atom is 0.401 e. The lowest BCUT2D eigenvalue weighted by molar-refractivity contribution is -0.143. The van der Waals surface area contributed by atoms with Gasteiger partial charge in [0.1, 0.15) is 0 Å². The standard InChI is InChI=1S/C14H27F3N4/c1-5-18-12(20-13(2,3)4)19-8-11-6-7-21(9-11)10-14(15,16)17/h11H,5-10H2,1-4H3,(H2,18,19,20).